The van der Waals surface area contributed by atoms with Crippen LogP contribution in [0.1, 0.15) is 34.9 Å². The number of hydrogen-bond donors (Lipinski definition) is 0. The van der Waals surface area contributed by atoms with Crippen LogP contribution in [0, 0.1) is 6.92 Å². The minimum absolute atomic E-state index is 0.0438. The van der Waals surface area contributed by atoms with Gasteiger partial charge >= 0.3 is 0 Å². The van der Waals surface area contributed by atoms with E-state index < -0.39 is 0 Å². The van der Waals surface area contributed by atoms with Crippen LogP contribution in [-0.2, 0) is 22.6 Å². The van der Waals surface area contributed by atoms with Crippen LogP contribution >= 0.6 is 11.3 Å². The van der Waals surface area contributed by atoms with Crippen molar-refractivity contribution in [2.75, 3.05) is 33.9 Å². The van der Waals surface area contributed by atoms with E-state index in [0.717, 1.165) is 22.4 Å². The maximum atomic E-state index is 13.6. The van der Waals surface area contributed by atoms with E-state index in [1.807, 2.05) is 65.7 Å². The topological polar surface area (TPSA) is 59.1 Å². The Morgan fingerprint density at radius 3 is 2.35 bits per heavy atom. The van der Waals surface area contributed by atoms with E-state index >= 15 is 0 Å². The average molecular weight is 521 g/mol. The van der Waals surface area contributed by atoms with Crippen LogP contribution in [0.4, 0.5) is 0 Å². The summed E-state index contributed by atoms with van der Waals surface area (Å²) < 4.78 is 10.8. The summed E-state index contributed by atoms with van der Waals surface area (Å²) in [5.41, 5.74) is 3.16. The van der Waals surface area contributed by atoms with Crippen molar-refractivity contribution in [1.82, 2.24) is 9.80 Å². The number of hydrogen-bond acceptors (Lipinski definition) is 5. The van der Waals surface area contributed by atoms with Gasteiger partial charge in [-0.05, 0) is 66.1 Å². The van der Waals surface area contributed by atoms with Crippen LogP contribution in [-0.4, -0.2) is 55.5 Å². The minimum atomic E-state index is -0.161. The zero-order valence-corrected chi connectivity index (χ0v) is 22.9. The molecule has 2 aromatic carbocycles. The van der Waals surface area contributed by atoms with Gasteiger partial charge in [-0.2, -0.15) is 0 Å². The van der Waals surface area contributed by atoms with E-state index in [9.17, 15) is 9.59 Å². The number of carbonyl (C=O) groups is 2. The second-order valence-corrected chi connectivity index (χ2v) is 9.79. The maximum Gasteiger partial charge on any atom is 0.247 e. The highest BCUT2D eigenvalue weighted by molar-refractivity contribution is 7.10. The quantitative estimate of drug-likeness (QED) is 0.276. The second-order valence-electron chi connectivity index (χ2n) is 8.79. The Hall–Kier alpha value is -3.58. The molecule has 1 heterocycles. The van der Waals surface area contributed by atoms with Crippen molar-refractivity contribution >= 4 is 29.2 Å². The summed E-state index contributed by atoms with van der Waals surface area (Å²) in [5, 5.41) is 2.04. The van der Waals surface area contributed by atoms with Gasteiger partial charge in [-0.1, -0.05) is 43.3 Å². The molecule has 2 amide bonds. The summed E-state index contributed by atoms with van der Waals surface area (Å²) in [6, 6.07) is 17.6. The van der Waals surface area contributed by atoms with E-state index in [2.05, 4.69) is 13.0 Å². The summed E-state index contributed by atoms with van der Waals surface area (Å²) in [5.74, 6) is 1.11. The molecule has 0 aliphatic heterocycles. The molecule has 0 radical (unpaired) electrons. The number of thiophene rings is 1. The number of rotatable bonds is 13. The molecule has 0 unspecified atom stereocenters. The molecule has 0 saturated heterocycles. The number of ether oxygens (including phenoxy) is 2. The Balaban J connectivity index is 1.74. The highest BCUT2D eigenvalue weighted by Gasteiger charge is 2.21. The molecule has 0 aliphatic rings. The van der Waals surface area contributed by atoms with Crippen LogP contribution in [0.25, 0.3) is 6.08 Å². The lowest BCUT2D eigenvalue weighted by atomic mass is 10.1. The van der Waals surface area contributed by atoms with E-state index in [0.29, 0.717) is 37.6 Å². The molecule has 3 rings (SSSR count). The Morgan fingerprint density at radius 1 is 0.946 bits per heavy atom. The number of benzene rings is 2. The van der Waals surface area contributed by atoms with E-state index in [4.69, 9.17) is 9.47 Å². The predicted octanol–water partition coefficient (Wildman–Crippen LogP) is 5.60. The first-order valence-corrected chi connectivity index (χ1v) is 13.4. The highest BCUT2D eigenvalue weighted by atomic mass is 32.1. The molecule has 7 heteroatoms. The van der Waals surface area contributed by atoms with Crippen LogP contribution in [0.5, 0.6) is 11.5 Å². The molecule has 37 heavy (non-hydrogen) atoms. The van der Waals surface area contributed by atoms with Crippen LogP contribution in [0.2, 0.25) is 0 Å². The molecule has 0 saturated carbocycles. The Kier molecular flexibility index (Phi) is 10.8. The average Bonchev–Trinajstić information content (AvgIpc) is 3.33. The van der Waals surface area contributed by atoms with Crippen molar-refractivity contribution in [3.8, 4) is 11.5 Å². The standard InChI is InChI=1S/C30H36N2O4S/c1-5-17-31(29(33)14-12-24-9-7-6-8-10-24)22-30(34)32(21-28-23(2)16-19-37-28)18-15-25-11-13-26(35-3)27(20-25)36-4/h6-14,16,19-20H,5,15,17-18,21-22H2,1-4H3/b14-12+. The molecule has 0 aliphatic carbocycles. The van der Waals surface area contributed by atoms with Gasteiger partial charge in [0.2, 0.25) is 11.8 Å². The molecule has 3 aromatic rings. The monoisotopic (exact) mass is 520 g/mol. The Morgan fingerprint density at radius 2 is 1.70 bits per heavy atom. The van der Waals surface area contributed by atoms with Gasteiger partial charge in [-0.15, -0.1) is 11.3 Å². The van der Waals surface area contributed by atoms with E-state index in [-0.39, 0.29) is 18.4 Å². The number of amides is 2. The van der Waals surface area contributed by atoms with Crippen molar-refractivity contribution in [2.24, 2.45) is 0 Å². The van der Waals surface area contributed by atoms with Crippen LogP contribution in [0.3, 0.4) is 0 Å². The van der Waals surface area contributed by atoms with Crippen molar-refractivity contribution in [3.05, 3.63) is 87.6 Å². The number of aryl methyl sites for hydroxylation is 1. The van der Waals surface area contributed by atoms with Crippen molar-refractivity contribution in [2.45, 2.75) is 33.2 Å². The highest BCUT2D eigenvalue weighted by Crippen LogP contribution is 2.28. The van der Waals surface area contributed by atoms with Crippen LogP contribution in [0.15, 0.2) is 66.1 Å². The van der Waals surface area contributed by atoms with Gasteiger partial charge < -0.3 is 19.3 Å². The summed E-state index contributed by atoms with van der Waals surface area (Å²) in [6.45, 7) is 5.68. The van der Waals surface area contributed by atoms with Gasteiger partial charge in [-0.3, -0.25) is 9.59 Å². The largest absolute Gasteiger partial charge is 0.493 e. The van der Waals surface area contributed by atoms with E-state index in [1.54, 1.807) is 42.6 Å². The second kappa shape index (κ2) is 14.2. The molecule has 1 aromatic heterocycles. The molecule has 6 nitrogen and oxygen atoms in total. The van der Waals surface area contributed by atoms with Gasteiger partial charge in [0.05, 0.1) is 20.8 Å². The molecular formula is C30H36N2O4S. The zero-order chi connectivity index (χ0) is 26.6. The van der Waals surface area contributed by atoms with Gasteiger partial charge in [0.25, 0.3) is 0 Å². The summed E-state index contributed by atoms with van der Waals surface area (Å²) in [4.78, 5) is 31.2. The molecular weight excluding hydrogens is 484 g/mol. The summed E-state index contributed by atoms with van der Waals surface area (Å²) in [6.07, 6.45) is 4.77. The SMILES string of the molecule is CCCN(CC(=O)N(CCc1ccc(OC)c(OC)c1)Cc1sccc1C)C(=O)/C=C/c1ccccc1. The number of methoxy groups -OCH3 is 2. The fourth-order valence-electron chi connectivity index (χ4n) is 3.97. The Bertz CT molecular complexity index is 1190. The first-order chi connectivity index (χ1) is 17.9. The minimum Gasteiger partial charge on any atom is -0.493 e. The van der Waals surface area contributed by atoms with E-state index in [1.165, 1.54) is 5.56 Å². The van der Waals surface area contributed by atoms with Gasteiger partial charge in [0.1, 0.15) is 6.54 Å². The van der Waals surface area contributed by atoms with Crippen molar-refractivity contribution in [3.63, 3.8) is 0 Å². The van der Waals surface area contributed by atoms with Gasteiger partial charge in [0, 0.05) is 24.0 Å². The predicted molar refractivity (Wildman–Crippen MR) is 150 cm³/mol. The zero-order valence-electron chi connectivity index (χ0n) is 22.1. The molecule has 0 N–H and O–H groups in total. The summed E-state index contributed by atoms with van der Waals surface area (Å²) in [7, 11) is 3.22. The third-order valence-electron chi connectivity index (χ3n) is 6.12. The Labute approximate surface area is 224 Å². The lowest BCUT2D eigenvalue weighted by Crippen LogP contribution is -2.43. The third kappa shape index (κ3) is 8.22. The number of carbonyl (C=O) groups excluding carboxylic acids is 2. The maximum absolute atomic E-state index is 13.6. The first-order valence-electron chi connectivity index (χ1n) is 12.5. The van der Waals surface area contributed by atoms with Gasteiger partial charge in [0.15, 0.2) is 11.5 Å². The van der Waals surface area contributed by atoms with Crippen molar-refractivity contribution in [1.29, 1.82) is 0 Å². The molecule has 0 fully saturated rings. The summed E-state index contributed by atoms with van der Waals surface area (Å²) >= 11 is 1.65. The number of nitrogens with zero attached hydrogens (tertiary/aromatic N) is 2. The molecule has 0 bridgehead atoms. The smallest absolute Gasteiger partial charge is 0.247 e. The lowest BCUT2D eigenvalue weighted by molar-refractivity contribution is -0.138. The third-order valence-corrected chi connectivity index (χ3v) is 7.13. The molecule has 0 spiro atoms. The lowest BCUT2D eigenvalue weighted by Gasteiger charge is -2.27. The first kappa shape index (κ1) is 28.0. The van der Waals surface area contributed by atoms with Crippen molar-refractivity contribution < 1.29 is 19.1 Å². The van der Waals surface area contributed by atoms with Gasteiger partial charge in [-0.25, -0.2) is 0 Å². The normalized spacial score (nSPS) is 10.9. The fraction of sp³-hybridized carbons (Fsp3) is 0.333. The fourth-order valence-corrected chi connectivity index (χ4v) is 4.89. The molecule has 0 atom stereocenters. The molecule has 196 valence electrons. The van der Waals surface area contributed by atoms with Crippen LogP contribution < -0.4 is 9.47 Å².